The highest BCUT2D eigenvalue weighted by molar-refractivity contribution is 6.01. The molecule has 0 saturated carbocycles. The minimum Gasteiger partial charge on any atom is -0.389 e. The molecule has 4 aromatic carbocycles. The predicted octanol–water partition coefficient (Wildman–Crippen LogP) is 5.71. The Balaban J connectivity index is 2.11. The quantitative estimate of drug-likeness (QED) is 0.502. The highest BCUT2D eigenvalue weighted by atomic mass is 16.3. The summed E-state index contributed by atoms with van der Waals surface area (Å²) in [7, 11) is 0. The van der Waals surface area contributed by atoms with Crippen LogP contribution in [0.3, 0.4) is 0 Å². The molecular formula is C22H18O. The van der Waals surface area contributed by atoms with Gasteiger partial charge in [0.05, 0.1) is 6.10 Å². The normalized spacial score (nSPS) is 12.6. The summed E-state index contributed by atoms with van der Waals surface area (Å²) in [5.74, 6) is 0. The van der Waals surface area contributed by atoms with Crippen molar-refractivity contribution in [3.63, 3.8) is 0 Å². The van der Waals surface area contributed by atoms with Crippen LogP contribution < -0.4 is 0 Å². The van der Waals surface area contributed by atoms with E-state index in [1.807, 2.05) is 19.1 Å². The van der Waals surface area contributed by atoms with E-state index in [1.54, 1.807) is 0 Å². The zero-order chi connectivity index (χ0) is 15.8. The highest BCUT2D eigenvalue weighted by Crippen LogP contribution is 2.37. The second-order valence-corrected chi connectivity index (χ2v) is 5.95. The lowest BCUT2D eigenvalue weighted by Crippen LogP contribution is -1.97. The van der Waals surface area contributed by atoms with E-state index in [-0.39, 0.29) is 0 Å². The van der Waals surface area contributed by atoms with Crippen molar-refractivity contribution in [2.75, 3.05) is 0 Å². The second kappa shape index (κ2) is 5.53. The van der Waals surface area contributed by atoms with E-state index in [1.165, 1.54) is 16.3 Å². The van der Waals surface area contributed by atoms with E-state index in [0.29, 0.717) is 0 Å². The average Bonchev–Trinajstić information content (AvgIpc) is 2.60. The minimum atomic E-state index is -0.518. The molecule has 1 heteroatoms. The molecule has 112 valence electrons. The molecule has 1 N–H and O–H groups in total. The lowest BCUT2D eigenvalue weighted by Gasteiger charge is -2.17. The topological polar surface area (TPSA) is 20.2 Å². The highest BCUT2D eigenvalue weighted by Gasteiger charge is 2.15. The zero-order valence-electron chi connectivity index (χ0n) is 13.0. The molecule has 0 bridgehead atoms. The van der Waals surface area contributed by atoms with Crippen LogP contribution in [0.4, 0.5) is 0 Å². The van der Waals surface area contributed by atoms with Crippen molar-refractivity contribution in [3.05, 3.63) is 84.4 Å². The van der Waals surface area contributed by atoms with Gasteiger partial charge in [0.1, 0.15) is 0 Å². The Morgan fingerprint density at radius 2 is 1.22 bits per heavy atom. The van der Waals surface area contributed by atoms with Gasteiger partial charge in [-0.05, 0) is 45.2 Å². The predicted molar refractivity (Wildman–Crippen MR) is 97.5 cm³/mol. The van der Waals surface area contributed by atoms with E-state index in [2.05, 4.69) is 66.7 Å². The van der Waals surface area contributed by atoms with Gasteiger partial charge in [0.25, 0.3) is 0 Å². The van der Waals surface area contributed by atoms with Gasteiger partial charge in [-0.3, -0.25) is 0 Å². The second-order valence-electron chi connectivity index (χ2n) is 5.95. The molecule has 23 heavy (non-hydrogen) atoms. The van der Waals surface area contributed by atoms with Crippen molar-refractivity contribution in [3.8, 4) is 11.1 Å². The standard InChI is InChI=1S/C22H18O/c1-15(23)22-19-11-5-3-8-17(19)13-14-21(22)20-12-6-9-16-7-2-4-10-18(16)20/h2-15,23H,1H3. The molecule has 0 aliphatic heterocycles. The molecule has 0 spiro atoms. The molecule has 0 heterocycles. The maximum Gasteiger partial charge on any atom is 0.0773 e. The first-order chi connectivity index (χ1) is 11.3. The number of aliphatic hydroxyl groups excluding tert-OH is 1. The van der Waals surface area contributed by atoms with Gasteiger partial charge in [-0.1, -0.05) is 78.9 Å². The number of rotatable bonds is 2. The van der Waals surface area contributed by atoms with E-state index < -0.39 is 6.10 Å². The van der Waals surface area contributed by atoms with Crippen molar-refractivity contribution >= 4 is 21.5 Å². The van der Waals surface area contributed by atoms with Crippen LogP contribution in [0.1, 0.15) is 18.6 Å². The first kappa shape index (κ1) is 14.0. The Labute approximate surface area is 135 Å². The lowest BCUT2D eigenvalue weighted by molar-refractivity contribution is 0.201. The Morgan fingerprint density at radius 3 is 1.96 bits per heavy atom. The maximum atomic E-state index is 10.4. The average molecular weight is 298 g/mol. The van der Waals surface area contributed by atoms with Crippen molar-refractivity contribution in [2.24, 2.45) is 0 Å². The van der Waals surface area contributed by atoms with Crippen LogP contribution in [-0.4, -0.2) is 5.11 Å². The SMILES string of the molecule is CC(O)c1c(-c2cccc3ccccc23)ccc2ccccc12. The van der Waals surface area contributed by atoms with Gasteiger partial charge in [-0.25, -0.2) is 0 Å². The summed E-state index contributed by atoms with van der Waals surface area (Å²) in [6.45, 7) is 1.84. The van der Waals surface area contributed by atoms with Gasteiger partial charge >= 0.3 is 0 Å². The molecule has 0 saturated heterocycles. The fourth-order valence-electron chi connectivity index (χ4n) is 3.44. The maximum absolute atomic E-state index is 10.4. The summed E-state index contributed by atoms with van der Waals surface area (Å²) < 4.78 is 0. The Kier molecular flexibility index (Phi) is 3.36. The van der Waals surface area contributed by atoms with Crippen molar-refractivity contribution in [1.82, 2.24) is 0 Å². The minimum absolute atomic E-state index is 0.518. The monoisotopic (exact) mass is 298 g/mol. The van der Waals surface area contributed by atoms with E-state index in [4.69, 9.17) is 0 Å². The number of aliphatic hydroxyl groups is 1. The molecule has 0 radical (unpaired) electrons. The summed E-state index contributed by atoms with van der Waals surface area (Å²) in [6, 6.07) is 27.3. The zero-order valence-corrected chi connectivity index (χ0v) is 13.0. The number of benzene rings is 4. The summed E-state index contributed by atoms with van der Waals surface area (Å²) in [5, 5.41) is 15.1. The Bertz CT molecular complexity index is 994. The van der Waals surface area contributed by atoms with Crippen LogP contribution in [0.2, 0.25) is 0 Å². The van der Waals surface area contributed by atoms with Gasteiger partial charge in [-0.15, -0.1) is 0 Å². The van der Waals surface area contributed by atoms with Crippen LogP contribution >= 0.6 is 0 Å². The summed E-state index contributed by atoms with van der Waals surface area (Å²) in [6.07, 6.45) is -0.518. The van der Waals surface area contributed by atoms with Crippen LogP contribution in [0.25, 0.3) is 32.7 Å². The first-order valence-corrected chi connectivity index (χ1v) is 7.93. The molecule has 1 atom stereocenters. The molecule has 0 aliphatic rings. The van der Waals surface area contributed by atoms with Crippen molar-refractivity contribution in [1.29, 1.82) is 0 Å². The molecule has 1 nitrogen and oxygen atoms in total. The molecule has 0 aromatic heterocycles. The molecule has 4 rings (SSSR count). The van der Waals surface area contributed by atoms with Crippen LogP contribution in [0, 0.1) is 0 Å². The fraction of sp³-hybridized carbons (Fsp3) is 0.0909. The number of hydrogen-bond acceptors (Lipinski definition) is 1. The van der Waals surface area contributed by atoms with Gasteiger partial charge < -0.3 is 5.11 Å². The van der Waals surface area contributed by atoms with Gasteiger partial charge in [0.15, 0.2) is 0 Å². The summed E-state index contributed by atoms with van der Waals surface area (Å²) in [5.41, 5.74) is 3.28. The molecule has 1 unspecified atom stereocenters. The summed E-state index contributed by atoms with van der Waals surface area (Å²) >= 11 is 0. The van der Waals surface area contributed by atoms with E-state index in [9.17, 15) is 5.11 Å². The van der Waals surface area contributed by atoms with Gasteiger partial charge in [0, 0.05) is 0 Å². The van der Waals surface area contributed by atoms with Crippen molar-refractivity contribution < 1.29 is 5.11 Å². The number of hydrogen-bond donors (Lipinski definition) is 1. The largest absolute Gasteiger partial charge is 0.389 e. The Morgan fingerprint density at radius 1 is 0.609 bits per heavy atom. The molecule has 4 aromatic rings. The van der Waals surface area contributed by atoms with E-state index in [0.717, 1.165) is 21.9 Å². The molecular weight excluding hydrogens is 280 g/mol. The van der Waals surface area contributed by atoms with Crippen LogP contribution in [-0.2, 0) is 0 Å². The first-order valence-electron chi connectivity index (χ1n) is 7.93. The third-order valence-electron chi connectivity index (χ3n) is 4.47. The fourth-order valence-corrected chi connectivity index (χ4v) is 3.44. The Hall–Kier alpha value is -2.64. The van der Waals surface area contributed by atoms with Crippen LogP contribution in [0.15, 0.2) is 78.9 Å². The third-order valence-corrected chi connectivity index (χ3v) is 4.47. The molecule has 0 amide bonds. The van der Waals surface area contributed by atoms with Gasteiger partial charge in [-0.2, -0.15) is 0 Å². The van der Waals surface area contributed by atoms with Crippen LogP contribution in [0.5, 0.6) is 0 Å². The molecule has 0 fully saturated rings. The van der Waals surface area contributed by atoms with E-state index >= 15 is 0 Å². The number of fused-ring (bicyclic) bond motifs is 2. The summed E-state index contributed by atoms with van der Waals surface area (Å²) in [4.78, 5) is 0. The third kappa shape index (κ3) is 2.30. The smallest absolute Gasteiger partial charge is 0.0773 e. The van der Waals surface area contributed by atoms with Gasteiger partial charge in [0.2, 0.25) is 0 Å². The molecule has 0 aliphatic carbocycles. The lowest BCUT2D eigenvalue weighted by atomic mass is 9.89. The van der Waals surface area contributed by atoms with Crippen molar-refractivity contribution in [2.45, 2.75) is 13.0 Å².